The van der Waals surface area contributed by atoms with Gasteiger partial charge in [-0.2, -0.15) is 26.3 Å². The maximum Gasteiger partial charge on any atom is 0.426 e. The van der Waals surface area contributed by atoms with E-state index in [-0.39, 0.29) is 6.92 Å². The zero-order valence-corrected chi connectivity index (χ0v) is 16.5. The Labute approximate surface area is 169 Å². The van der Waals surface area contributed by atoms with Crippen LogP contribution in [0, 0.1) is 17.8 Å². The number of alkyl halides is 11. The van der Waals surface area contributed by atoms with Gasteiger partial charge in [0, 0.05) is 12.3 Å². The Morgan fingerprint density at radius 1 is 1.03 bits per heavy atom. The van der Waals surface area contributed by atoms with Gasteiger partial charge in [0.15, 0.2) is 0 Å². The van der Waals surface area contributed by atoms with Gasteiger partial charge in [-0.05, 0) is 25.7 Å². The van der Waals surface area contributed by atoms with Crippen LogP contribution in [0.25, 0.3) is 0 Å². The molecule has 0 spiro atoms. The second-order valence-electron chi connectivity index (χ2n) is 7.94. The highest BCUT2D eigenvalue weighted by atomic mass is 19.4. The molecule has 31 heavy (non-hydrogen) atoms. The highest BCUT2D eigenvalue weighted by Crippen LogP contribution is 2.58. The number of ether oxygens (including phenoxy) is 1. The van der Waals surface area contributed by atoms with E-state index in [4.69, 9.17) is 5.11 Å². The fourth-order valence-electron chi connectivity index (χ4n) is 3.46. The molecule has 0 radical (unpaired) electrons. The van der Waals surface area contributed by atoms with E-state index in [1.165, 1.54) is 0 Å². The van der Waals surface area contributed by atoms with Gasteiger partial charge in [-0.3, -0.25) is 4.79 Å². The highest BCUT2D eigenvalue weighted by Gasteiger charge is 2.76. The summed E-state index contributed by atoms with van der Waals surface area (Å²) in [6.07, 6.45) is -16.0. The molecule has 0 aliphatic heterocycles. The van der Waals surface area contributed by atoms with Crippen molar-refractivity contribution in [3.8, 4) is 0 Å². The van der Waals surface area contributed by atoms with Crippen LogP contribution in [-0.4, -0.2) is 53.2 Å². The van der Waals surface area contributed by atoms with Gasteiger partial charge >= 0.3 is 18.3 Å². The zero-order valence-electron chi connectivity index (χ0n) is 16.5. The largest absolute Gasteiger partial charge is 0.465 e. The number of carbonyl (C=O) groups excluding carboxylic acids is 1. The summed E-state index contributed by atoms with van der Waals surface area (Å²) in [4.78, 5) is 12.0. The summed E-state index contributed by atoms with van der Waals surface area (Å²) >= 11 is 0. The average Bonchev–Trinajstić information content (AvgIpc) is 2.56. The van der Waals surface area contributed by atoms with Crippen LogP contribution in [0.4, 0.5) is 48.3 Å². The van der Waals surface area contributed by atoms with Crippen LogP contribution >= 0.6 is 0 Å². The first-order valence-corrected chi connectivity index (χ1v) is 9.04. The third-order valence-electron chi connectivity index (χ3n) is 5.59. The van der Waals surface area contributed by atoms with E-state index in [0.717, 1.165) is 6.92 Å². The third-order valence-corrected chi connectivity index (χ3v) is 5.59. The third kappa shape index (κ3) is 4.58. The number of esters is 1. The summed E-state index contributed by atoms with van der Waals surface area (Å²) < 4.78 is 152. The van der Waals surface area contributed by atoms with Crippen LogP contribution in [0.1, 0.15) is 40.0 Å². The predicted molar refractivity (Wildman–Crippen MR) is 83.1 cm³/mol. The van der Waals surface area contributed by atoms with Gasteiger partial charge in [-0.25, -0.2) is 22.0 Å². The molecule has 1 fully saturated rings. The molecular formula is C17H21F11O3. The highest BCUT2D eigenvalue weighted by molar-refractivity contribution is 5.74. The molecule has 1 rings (SSSR count). The summed E-state index contributed by atoms with van der Waals surface area (Å²) in [6, 6.07) is 0. The quantitative estimate of drug-likeness (QED) is 0.404. The Morgan fingerprint density at radius 3 is 1.87 bits per heavy atom. The number of hydrogen-bond donors (Lipinski definition) is 1. The SMILES string of the molecule is CCC1CC(C(=O)OCC(C)CC(O)(C(F)(F)F)C(F)(F)F)C(F)(F)C(C)(F)C1(F)F. The Morgan fingerprint density at radius 2 is 1.48 bits per heavy atom. The molecule has 3 nitrogen and oxygen atoms in total. The maximum atomic E-state index is 14.4. The smallest absolute Gasteiger partial charge is 0.426 e. The number of hydrogen-bond acceptors (Lipinski definition) is 3. The molecule has 1 N–H and O–H groups in total. The van der Waals surface area contributed by atoms with Crippen molar-refractivity contribution in [2.75, 3.05) is 6.61 Å². The summed E-state index contributed by atoms with van der Waals surface area (Å²) in [7, 11) is 0. The second kappa shape index (κ2) is 8.22. The fourth-order valence-corrected chi connectivity index (χ4v) is 3.46. The van der Waals surface area contributed by atoms with Crippen molar-refractivity contribution in [1.29, 1.82) is 0 Å². The zero-order chi connectivity index (χ0) is 24.8. The molecule has 14 heteroatoms. The van der Waals surface area contributed by atoms with Crippen molar-refractivity contribution in [1.82, 2.24) is 0 Å². The van der Waals surface area contributed by atoms with Gasteiger partial charge < -0.3 is 9.84 Å². The number of aliphatic hydroxyl groups is 1. The van der Waals surface area contributed by atoms with E-state index in [1.54, 1.807) is 0 Å². The summed E-state index contributed by atoms with van der Waals surface area (Å²) in [6.45, 7) is 0.468. The van der Waals surface area contributed by atoms with E-state index in [0.29, 0.717) is 6.92 Å². The van der Waals surface area contributed by atoms with Gasteiger partial charge in [0.1, 0.15) is 5.92 Å². The van der Waals surface area contributed by atoms with E-state index in [1.807, 2.05) is 0 Å². The number of carbonyl (C=O) groups is 1. The Hall–Kier alpha value is -1.34. The summed E-state index contributed by atoms with van der Waals surface area (Å²) in [5.41, 5.74) is -9.62. The molecule has 0 heterocycles. The monoisotopic (exact) mass is 482 g/mol. The standard InChI is InChI=1S/C17H21F11O3/c1-4-9-5-10(15(21,22)12(3,18)14(9,19)20)11(29)31-7-8(2)6-13(30,16(23,24)25)17(26,27)28/h8-10,30H,4-7H2,1-3H3. The lowest BCUT2D eigenvalue weighted by molar-refractivity contribution is -0.372. The molecular weight excluding hydrogens is 461 g/mol. The van der Waals surface area contributed by atoms with Crippen LogP contribution in [-0.2, 0) is 9.53 Å². The molecule has 0 aromatic rings. The van der Waals surface area contributed by atoms with E-state index >= 15 is 0 Å². The van der Waals surface area contributed by atoms with E-state index in [2.05, 4.69) is 4.74 Å². The molecule has 184 valence electrons. The second-order valence-corrected chi connectivity index (χ2v) is 7.94. The predicted octanol–water partition coefficient (Wildman–Crippen LogP) is 5.46. The fraction of sp³-hybridized carbons (Fsp3) is 0.941. The maximum absolute atomic E-state index is 14.4. The first-order chi connectivity index (χ1) is 13.6. The molecule has 0 saturated heterocycles. The van der Waals surface area contributed by atoms with Gasteiger partial charge in [-0.15, -0.1) is 0 Å². The lowest BCUT2D eigenvalue weighted by Gasteiger charge is -2.48. The Balaban J connectivity index is 2.99. The molecule has 0 bridgehead atoms. The number of halogens is 11. The van der Waals surface area contributed by atoms with Crippen LogP contribution in [0.15, 0.2) is 0 Å². The molecule has 0 amide bonds. The molecule has 1 aliphatic carbocycles. The van der Waals surface area contributed by atoms with Crippen molar-refractivity contribution in [2.24, 2.45) is 17.8 Å². The molecule has 4 unspecified atom stereocenters. The molecule has 0 aromatic heterocycles. The topological polar surface area (TPSA) is 46.5 Å². The van der Waals surface area contributed by atoms with Crippen molar-refractivity contribution >= 4 is 5.97 Å². The van der Waals surface area contributed by atoms with Gasteiger partial charge in [0.05, 0.1) is 6.61 Å². The van der Waals surface area contributed by atoms with Crippen molar-refractivity contribution in [3.05, 3.63) is 0 Å². The minimum absolute atomic E-state index is 0.0928. The lowest BCUT2D eigenvalue weighted by atomic mass is 9.67. The van der Waals surface area contributed by atoms with Gasteiger partial charge in [0.2, 0.25) is 5.67 Å². The van der Waals surface area contributed by atoms with E-state index < -0.39 is 85.1 Å². The van der Waals surface area contributed by atoms with Crippen molar-refractivity contribution in [3.63, 3.8) is 0 Å². The summed E-state index contributed by atoms with van der Waals surface area (Å²) in [5.74, 6) is -17.9. The van der Waals surface area contributed by atoms with Crippen molar-refractivity contribution in [2.45, 2.75) is 75.5 Å². The molecule has 1 aliphatic rings. The van der Waals surface area contributed by atoms with Crippen LogP contribution in [0.3, 0.4) is 0 Å². The number of rotatable bonds is 6. The van der Waals surface area contributed by atoms with Crippen LogP contribution in [0.5, 0.6) is 0 Å². The normalized spacial score (nSPS) is 30.0. The molecule has 0 aromatic carbocycles. The van der Waals surface area contributed by atoms with E-state index in [9.17, 15) is 53.1 Å². The Kier molecular flexibility index (Phi) is 7.34. The summed E-state index contributed by atoms with van der Waals surface area (Å²) in [5, 5.41) is 9.10. The van der Waals surface area contributed by atoms with Crippen LogP contribution < -0.4 is 0 Å². The van der Waals surface area contributed by atoms with Gasteiger partial charge in [-0.1, -0.05) is 13.8 Å². The van der Waals surface area contributed by atoms with Crippen molar-refractivity contribution < 1.29 is 62.9 Å². The first-order valence-electron chi connectivity index (χ1n) is 9.04. The first kappa shape index (κ1) is 27.7. The molecule has 4 atom stereocenters. The Bertz CT molecular complexity index is 641. The lowest BCUT2D eigenvalue weighted by Crippen LogP contribution is -2.66. The average molecular weight is 482 g/mol. The van der Waals surface area contributed by atoms with Gasteiger partial charge in [0.25, 0.3) is 17.4 Å². The van der Waals surface area contributed by atoms with Crippen LogP contribution in [0.2, 0.25) is 0 Å². The molecule has 1 saturated carbocycles. The minimum Gasteiger partial charge on any atom is -0.465 e. The minimum atomic E-state index is -6.14.